The lowest BCUT2D eigenvalue weighted by Crippen LogP contribution is -2.47. The number of carbonyl (C=O) groups excluding carboxylic acids is 2. The summed E-state index contributed by atoms with van der Waals surface area (Å²) in [6, 6.07) is 19.4. The molecule has 0 heterocycles. The number of esters is 1. The summed E-state index contributed by atoms with van der Waals surface area (Å²) in [5, 5.41) is 0. The van der Waals surface area contributed by atoms with Crippen LogP contribution >= 0.6 is 0 Å². The molecule has 2 aromatic rings. The largest absolute Gasteiger partial charge is 0.461 e. The smallest absolute Gasteiger partial charge is 0.410 e. The van der Waals surface area contributed by atoms with Gasteiger partial charge in [-0.15, -0.1) is 0 Å². The summed E-state index contributed by atoms with van der Waals surface area (Å²) in [4.78, 5) is 27.0. The van der Waals surface area contributed by atoms with Crippen LogP contribution in [0.5, 0.6) is 0 Å². The van der Waals surface area contributed by atoms with E-state index in [1.54, 1.807) is 11.8 Å². The molecule has 1 amide bonds. The third-order valence-electron chi connectivity index (χ3n) is 4.99. The van der Waals surface area contributed by atoms with Crippen molar-refractivity contribution in [1.29, 1.82) is 0 Å². The van der Waals surface area contributed by atoms with Crippen molar-refractivity contribution in [3.63, 3.8) is 0 Å². The Bertz CT molecular complexity index is 776. The van der Waals surface area contributed by atoms with Gasteiger partial charge in [0, 0.05) is 12.1 Å². The first-order valence-electron chi connectivity index (χ1n) is 10.6. The Morgan fingerprint density at radius 2 is 1.43 bits per heavy atom. The number of nitrogens with zero attached hydrogens (tertiary/aromatic N) is 1. The third kappa shape index (κ3) is 7.21. The number of hydrogen-bond donors (Lipinski definition) is 0. The minimum absolute atomic E-state index is 0.0506. The molecule has 0 fully saturated rings. The first-order valence-corrected chi connectivity index (χ1v) is 10.6. The summed E-state index contributed by atoms with van der Waals surface area (Å²) in [6.07, 6.45) is 0.798. The van der Waals surface area contributed by atoms with Gasteiger partial charge in [-0.25, -0.2) is 4.79 Å². The molecule has 2 unspecified atom stereocenters. The van der Waals surface area contributed by atoms with E-state index >= 15 is 0 Å². The van der Waals surface area contributed by atoms with Crippen LogP contribution < -0.4 is 0 Å². The highest BCUT2D eigenvalue weighted by Gasteiger charge is 2.31. The molecule has 0 saturated carbocycles. The van der Waals surface area contributed by atoms with E-state index in [9.17, 15) is 9.59 Å². The zero-order chi connectivity index (χ0) is 21.9. The highest BCUT2D eigenvalue weighted by Crippen LogP contribution is 2.22. The van der Waals surface area contributed by atoms with Gasteiger partial charge in [0.15, 0.2) is 0 Å². The van der Waals surface area contributed by atoms with Gasteiger partial charge in [0.2, 0.25) is 0 Å². The SMILES string of the molecule is CCOC(=O)N(C(C)C)C(Cc1ccccc1)CC(C)C(=O)OCc1ccccc1. The first-order chi connectivity index (χ1) is 14.4. The highest BCUT2D eigenvalue weighted by molar-refractivity contribution is 5.72. The van der Waals surface area contributed by atoms with Gasteiger partial charge in [-0.3, -0.25) is 4.79 Å². The number of amides is 1. The predicted molar refractivity (Wildman–Crippen MR) is 118 cm³/mol. The van der Waals surface area contributed by atoms with Crippen LogP contribution in [0.1, 0.15) is 45.2 Å². The first kappa shape index (κ1) is 23.5. The minimum Gasteiger partial charge on any atom is -0.461 e. The van der Waals surface area contributed by atoms with Crippen LogP contribution in [0.2, 0.25) is 0 Å². The van der Waals surface area contributed by atoms with Gasteiger partial charge in [0.1, 0.15) is 6.61 Å². The Labute approximate surface area is 180 Å². The molecule has 0 aromatic heterocycles. The van der Waals surface area contributed by atoms with E-state index in [0.29, 0.717) is 19.4 Å². The molecule has 2 atom stereocenters. The van der Waals surface area contributed by atoms with E-state index in [-0.39, 0.29) is 36.7 Å². The quantitative estimate of drug-likeness (QED) is 0.502. The maximum absolute atomic E-state index is 12.7. The van der Waals surface area contributed by atoms with Crippen molar-refractivity contribution >= 4 is 12.1 Å². The molecule has 2 rings (SSSR count). The van der Waals surface area contributed by atoms with Crippen LogP contribution in [0.25, 0.3) is 0 Å². The zero-order valence-electron chi connectivity index (χ0n) is 18.4. The molecule has 0 aliphatic rings. The van der Waals surface area contributed by atoms with Gasteiger partial charge >= 0.3 is 12.1 Å². The van der Waals surface area contributed by atoms with Crippen LogP contribution in [0.15, 0.2) is 60.7 Å². The summed E-state index contributed by atoms with van der Waals surface area (Å²) in [5.74, 6) is -0.609. The summed E-state index contributed by atoms with van der Waals surface area (Å²) < 4.78 is 10.8. The van der Waals surface area contributed by atoms with Crippen molar-refractivity contribution in [2.24, 2.45) is 5.92 Å². The second-order valence-corrected chi connectivity index (χ2v) is 7.77. The maximum Gasteiger partial charge on any atom is 0.410 e. The van der Waals surface area contributed by atoms with E-state index in [0.717, 1.165) is 11.1 Å². The molecule has 162 valence electrons. The second-order valence-electron chi connectivity index (χ2n) is 7.77. The molecule has 0 aliphatic heterocycles. The molecule has 0 spiro atoms. The Morgan fingerprint density at radius 1 is 0.867 bits per heavy atom. The van der Waals surface area contributed by atoms with Crippen LogP contribution in [-0.4, -0.2) is 35.7 Å². The fourth-order valence-electron chi connectivity index (χ4n) is 3.54. The average Bonchev–Trinajstić information content (AvgIpc) is 2.73. The summed E-state index contributed by atoms with van der Waals surface area (Å²) in [6.45, 7) is 8.15. The molecule has 0 N–H and O–H groups in total. The van der Waals surface area contributed by atoms with Crippen LogP contribution in [-0.2, 0) is 27.3 Å². The average molecular weight is 412 g/mol. The number of rotatable bonds is 10. The van der Waals surface area contributed by atoms with E-state index < -0.39 is 0 Å². The number of ether oxygens (including phenoxy) is 2. The normalized spacial score (nSPS) is 12.8. The fraction of sp³-hybridized carbons (Fsp3) is 0.440. The Morgan fingerprint density at radius 3 is 1.97 bits per heavy atom. The molecule has 0 bridgehead atoms. The topological polar surface area (TPSA) is 55.8 Å². The Balaban J connectivity index is 2.11. The highest BCUT2D eigenvalue weighted by atomic mass is 16.6. The fourth-order valence-corrected chi connectivity index (χ4v) is 3.54. The van der Waals surface area contributed by atoms with Gasteiger partial charge in [-0.1, -0.05) is 67.6 Å². The standard InChI is InChI=1S/C25H33NO4/c1-5-29-25(28)26(19(2)3)23(17-21-12-8-6-9-13-21)16-20(4)24(27)30-18-22-14-10-7-11-15-22/h6-15,19-20,23H,5,16-18H2,1-4H3. The lowest BCUT2D eigenvalue weighted by molar-refractivity contribution is -0.150. The third-order valence-corrected chi connectivity index (χ3v) is 4.99. The molecule has 0 saturated heterocycles. The van der Waals surface area contributed by atoms with Gasteiger partial charge in [0.05, 0.1) is 12.5 Å². The molecular formula is C25H33NO4. The van der Waals surface area contributed by atoms with Gasteiger partial charge in [0.25, 0.3) is 0 Å². The molecule has 0 radical (unpaired) electrons. The van der Waals surface area contributed by atoms with Gasteiger partial charge < -0.3 is 14.4 Å². The van der Waals surface area contributed by atoms with Crippen molar-refractivity contribution in [3.8, 4) is 0 Å². The van der Waals surface area contributed by atoms with E-state index in [1.807, 2.05) is 81.4 Å². The van der Waals surface area contributed by atoms with Crippen LogP contribution in [0, 0.1) is 5.92 Å². The number of hydrogen-bond acceptors (Lipinski definition) is 4. The summed E-state index contributed by atoms with van der Waals surface area (Å²) >= 11 is 0. The second kappa shape index (κ2) is 12.0. The molecule has 30 heavy (non-hydrogen) atoms. The van der Waals surface area contributed by atoms with E-state index in [4.69, 9.17) is 9.47 Å². The van der Waals surface area contributed by atoms with Crippen LogP contribution in [0.4, 0.5) is 4.79 Å². The van der Waals surface area contributed by atoms with Gasteiger partial charge in [-0.05, 0) is 44.7 Å². The predicted octanol–water partition coefficient (Wildman–Crippen LogP) is 5.23. The molecule has 2 aromatic carbocycles. The summed E-state index contributed by atoms with van der Waals surface area (Å²) in [5.41, 5.74) is 2.07. The van der Waals surface area contributed by atoms with Crippen molar-refractivity contribution in [1.82, 2.24) is 4.90 Å². The van der Waals surface area contributed by atoms with Crippen molar-refractivity contribution in [2.45, 2.75) is 59.2 Å². The van der Waals surface area contributed by atoms with Crippen molar-refractivity contribution in [2.75, 3.05) is 6.61 Å². The van der Waals surface area contributed by atoms with Crippen LogP contribution in [0.3, 0.4) is 0 Å². The molecular weight excluding hydrogens is 378 g/mol. The Hall–Kier alpha value is -2.82. The van der Waals surface area contributed by atoms with E-state index in [2.05, 4.69) is 0 Å². The minimum atomic E-state index is -0.349. The lowest BCUT2D eigenvalue weighted by Gasteiger charge is -2.35. The molecule has 5 heteroatoms. The summed E-state index contributed by atoms with van der Waals surface area (Å²) in [7, 11) is 0. The van der Waals surface area contributed by atoms with Crippen molar-refractivity contribution < 1.29 is 19.1 Å². The molecule has 0 aliphatic carbocycles. The monoisotopic (exact) mass is 411 g/mol. The maximum atomic E-state index is 12.7. The number of carbonyl (C=O) groups is 2. The van der Waals surface area contributed by atoms with Crippen molar-refractivity contribution in [3.05, 3.63) is 71.8 Å². The number of benzene rings is 2. The zero-order valence-corrected chi connectivity index (χ0v) is 18.4. The van der Waals surface area contributed by atoms with E-state index in [1.165, 1.54) is 0 Å². The lowest BCUT2D eigenvalue weighted by atomic mass is 9.94. The Kier molecular flexibility index (Phi) is 9.39. The molecule has 5 nitrogen and oxygen atoms in total. The van der Waals surface area contributed by atoms with Gasteiger partial charge in [-0.2, -0.15) is 0 Å².